The lowest BCUT2D eigenvalue weighted by Crippen LogP contribution is -2.42. The van der Waals surface area contributed by atoms with Gasteiger partial charge in [0.05, 0.1) is 12.4 Å². The molecule has 0 saturated carbocycles. The molecule has 140 valence electrons. The van der Waals surface area contributed by atoms with Crippen LogP contribution < -0.4 is 4.74 Å². The molecule has 2 aromatic carbocycles. The lowest BCUT2D eigenvalue weighted by molar-refractivity contribution is 0.180. The van der Waals surface area contributed by atoms with Gasteiger partial charge >= 0.3 is 0 Å². The van der Waals surface area contributed by atoms with E-state index in [-0.39, 0.29) is 11.7 Å². The number of hydrogen-bond donors (Lipinski definition) is 0. The summed E-state index contributed by atoms with van der Waals surface area (Å²) < 4.78 is 32.9. The first kappa shape index (κ1) is 18.9. The molecule has 3 rings (SSSR count). The maximum atomic E-state index is 12.7. The fourth-order valence-electron chi connectivity index (χ4n) is 3.28. The first-order valence-electron chi connectivity index (χ1n) is 9.24. The van der Waals surface area contributed by atoms with Crippen molar-refractivity contribution in [3.8, 4) is 5.75 Å². The Morgan fingerprint density at radius 1 is 1.08 bits per heavy atom. The molecule has 1 aliphatic heterocycles. The van der Waals surface area contributed by atoms with Crippen molar-refractivity contribution in [2.75, 3.05) is 25.4 Å². The van der Waals surface area contributed by atoms with E-state index in [1.54, 1.807) is 4.31 Å². The summed E-state index contributed by atoms with van der Waals surface area (Å²) >= 11 is 0. The molecule has 2 aromatic rings. The zero-order valence-corrected chi connectivity index (χ0v) is 16.1. The molecule has 1 heterocycles. The van der Waals surface area contributed by atoms with Crippen LogP contribution in [0.4, 0.5) is 0 Å². The molecule has 0 radical (unpaired) electrons. The average molecular weight is 374 g/mol. The van der Waals surface area contributed by atoms with Crippen molar-refractivity contribution in [3.63, 3.8) is 0 Å². The molecule has 5 heteroatoms. The first-order chi connectivity index (χ1) is 12.5. The van der Waals surface area contributed by atoms with Gasteiger partial charge in [-0.2, -0.15) is 0 Å². The van der Waals surface area contributed by atoms with E-state index in [4.69, 9.17) is 4.74 Å². The molecule has 4 nitrogen and oxygen atoms in total. The number of hydrogen-bond acceptors (Lipinski definition) is 3. The summed E-state index contributed by atoms with van der Waals surface area (Å²) in [5, 5.41) is 0. The van der Waals surface area contributed by atoms with E-state index >= 15 is 0 Å². The molecule has 26 heavy (non-hydrogen) atoms. The summed E-state index contributed by atoms with van der Waals surface area (Å²) in [7, 11) is -3.23. The van der Waals surface area contributed by atoms with Crippen LogP contribution in [0.3, 0.4) is 0 Å². The second-order valence-electron chi connectivity index (χ2n) is 7.04. The largest absolute Gasteiger partial charge is 0.493 e. The minimum atomic E-state index is -3.23. The van der Waals surface area contributed by atoms with Crippen molar-refractivity contribution >= 4 is 10.0 Å². The number of ether oxygens (including phenoxy) is 1. The van der Waals surface area contributed by atoms with Crippen LogP contribution in [0.5, 0.6) is 5.75 Å². The molecule has 0 amide bonds. The highest BCUT2D eigenvalue weighted by molar-refractivity contribution is 7.89. The quantitative estimate of drug-likeness (QED) is 0.744. The monoisotopic (exact) mass is 373 g/mol. The smallest absolute Gasteiger partial charge is 0.214 e. The number of piperidine rings is 1. The van der Waals surface area contributed by atoms with Gasteiger partial charge in [-0.25, -0.2) is 12.7 Å². The predicted octanol–water partition coefficient (Wildman–Crippen LogP) is 3.66. The normalized spacial score (nSPS) is 18.6. The van der Waals surface area contributed by atoms with Gasteiger partial charge in [-0.15, -0.1) is 0 Å². The Bertz CT molecular complexity index is 788. The fourth-order valence-corrected chi connectivity index (χ4v) is 4.88. The van der Waals surface area contributed by atoms with Crippen molar-refractivity contribution in [3.05, 3.63) is 65.7 Å². The van der Waals surface area contributed by atoms with Crippen LogP contribution in [0.15, 0.2) is 54.6 Å². The third-order valence-electron chi connectivity index (χ3n) is 4.87. The van der Waals surface area contributed by atoms with Crippen molar-refractivity contribution in [2.45, 2.75) is 26.2 Å². The van der Waals surface area contributed by atoms with Gasteiger partial charge in [-0.1, -0.05) is 48.0 Å². The van der Waals surface area contributed by atoms with E-state index < -0.39 is 10.0 Å². The van der Waals surface area contributed by atoms with Crippen molar-refractivity contribution < 1.29 is 13.2 Å². The van der Waals surface area contributed by atoms with Crippen LogP contribution in [0.2, 0.25) is 0 Å². The Labute approximate surface area is 156 Å². The third kappa shape index (κ3) is 5.32. The summed E-state index contributed by atoms with van der Waals surface area (Å²) in [6.07, 6.45) is 2.47. The second-order valence-corrected chi connectivity index (χ2v) is 9.13. The lowest BCUT2D eigenvalue weighted by Gasteiger charge is -2.31. The van der Waals surface area contributed by atoms with Crippen LogP contribution in [-0.2, 0) is 16.4 Å². The molecular formula is C21H27NO3S. The Kier molecular flexibility index (Phi) is 6.33. The highest BCUT2D eigenvalue weighted by Gasteiger charge is 2.29. The minimum Gasteiger partial charge on any atom is -0.493 e. The highest BCUT2D eigenvalue weighted by atomic mass is 32.2. The molecule has 1 unspecified atom stereocenters. The molecule has 0 N–H and O–H groups in total. The van der Waals surface area contributed by atoms with Gasteiger partial charge in [0.1, 0.15) is 5.75 Å². The van der Waals surface area contributed by atoms with Crippen LogP contribution in [0, 0.1) is 12.8 Å². The van der Waals surface area contributed by atoms with Gasteiger partial charge in [0.2, 0.25) is 10.0 Å². The van der Waals surface area contributed by atoms with Crippen molar-refractivity contribution in [1.82, 2.24) is 4.31 Å². The minimum absolute atomic E-state index is 0.169. The molecule has 1 saturated heterocycles. The Morgan fingerprint density at radius 3 is 2.54 bits per heavy atom. The van der Waals surface area contributed by atoms with E-state index in [9.17, 15) is 8.42 Å². The highest BCUT2D eigenvalue weighted by Crippen LogP contribution is 2.22. The zero-order valence-electron chi connectivity index (χ0n) is 15.3. The van der Waals surface area contributed by atoms with Crippen molar-refractivity contribution in [2.24, 2.45) is 5.92 Å². The van der Waals surface area contributed by atoms with E-state index in [1.807, 2.05) is 61.5 Å². The molecule has 0 aromatic heterocycles. The number of benzene rings is 2. The molecule has 1 aliphatic rings. The topological polar surface area (TPSA) is 46.6 Å². The average Bonchev–Trinajstić information content (AvgIpc) is 2.67. The predicted molar refractivity (Wildman–Crippen MR) is 105 cm³/mol. The van der Waals surface area contributed by atoms with E-state index in [2.05, 4.69) is 0 Å². The number of sulfonamides is 1. The molecule has 0 aliphatic carbocycles. The van der Waals surface area contributed by atoms with Gasteiger partial charge in [-0.3, -0.25) is 0 Å². The van der Waals surface area contributed by atoms with Crippen LogP contribution in [0.25, 0.3) is 0 Å². The van der Waals surface area contributed by atoms with Gasteiger partial charge in [0, 0.05) is 19.0 Å². The van der Waals surface area contributed by atoms with E-state index in [1.165, 1.54) is 5.56 Å². The van der Waals surface area contributed by atoms with Crippen molar-refractivity contribution in [1.29, 1.82) is 0 Å². The zero-order chi connectivity index (χ0) is 18.4. The summed E-state index contributed by atoms with van der Waals surface area (Å²) in [6.45, 7) is 3.79. The SMILES string of the molecule is Cc1ccc(OCC2CCCN(S(=O)(=O)CCc3ccccc3)C2)cc1. The summed E-state index contributed by atoms with van der Waals surface area (Å²) in [6, 6.07) is 17.8. The van der Waals surface area contributed by atoms with Gasteiger partial charge in [0.15, 0.2) is 0 Å². The molecular weight excluding hydrogens is 346 g/mol. The fraction of sp³-hybridized carbons (Fsp3) is 0.429. The lowest BCUT2D eigenvalue weighted by atomic mass is 10.0. The Hall–Kier alpha value is -1.85. The van der Waals surface area contributed by atoms with E-state index in [0.29, 0.717) is 26.1 Å². The van der Waals surface area contributed by atoms with Crippen LogP contribution in [-0.4, -0.2) is 38.2 Å². The Morgan fingerprint density at radius 2 is 1.81 bits per heavy atom. The number of rotatable bonds is 7. The first-order valence-corrected chi connectivity index (χ1v) is 10.8. The van der Waals surface area contributed by atoms with Gasteiger partial charge in [-0.05, 0) is 43.9 Å². The number of nitrogens with zero attached hydrogens (tertiary/aromatic N) is 1. The van der Waals surface area contributed by atoms with Gasteiger partial charge in [0.25, 0.3) is 0 Å². The van der Waals surface area contributed by atoms with Crippen LogP contribution in [0.1, 0.15) is 24.0 Å². The molecule has 1 fully saturated rings. The van der Waals surface area contributed by atoms with Crippen LogP contribution >= 0.6 is 0 Å². The number of aryl methyl sites for hydroxylation is 2. The van der Waals surface area contributed by atoms with E-state index in [0.717, 1.165) is 24.2 Å². The third-order valence-corrected chi connectivity index (χ3v) is 6.71. The maximum Gasteiger partial charge on any atom is 0.214 e. The second kappa shape index (κ2) is 8.69. The molecule has 0 bridgehead atoms. The molecule has 0 spiro atoms. The molecule has 1 atom stereocenters. The maximum absolute atomic E-state index is 12.7. The standard InChI is InChI=1S/C21H27NO3S/c1-18-9-11-21(12-10-18)25-17-20-8-5-14-22(16-20)26(23,24)15-13-19-6-3-2-4-7-19/h2-4,6-7,9-12,20H,5,8,13-17H2,1H3. The summed E-state index contributed by atoms with van der Waals surface area (Å²) in [5.41, 5.74) is 2.26. The Balaban J connectivity index is 1.52. The van der Waals surface area contributed by atoms with Gasteiger partial charge < -0.3 is 4.74 Å². The summed E-state index contributed by atoms with van der Waals surface area (Å²) in [5.74, 6) is 1.26. The summed E-state index contributed by atoms with van der Waals surface area (Å²) in [4.78, 5) is 0.